The Balaban J connectivity index is 1.73. The number of ether oxygens (including phenoxy) is 1. The molecule has 0 N–H and O–H groups in total. The number of fused-ring (bicyclic) bond motifs is 1. The third-order valence-electron chi connectivity index (χ3n) is 4.86. The van der Waals surface area contributed by atoms with Crippen LogP contribution in [0.25, 0.3) is 0 Å². The zero-order chi connectivity index (χ0) is 14.2. The summed E-state index contributed by atoms with van der Waals surface area (Å²) in [4.78, 5) is 28.3. The Labute approximate surface area is 127 Å². The van der Waals surface area contributed by atoms with E-state index >= 15 is 0 Å². The van der Waals surface area contributed by atoms with Crippen molar-refractivity contribution in [2.24, 2.45) is 5.41 Å². The predicted molar refractivity (Wildman–Crippen MR) is 77.6 cm³/mol. The van der Waals surface area contributed by atoms with Crippen LogP contribution in [0.5, 0.6) is 0 Å². The lowest BCUT2D eigenvalue weighted by atomic mass is 9.81. The van der Waals surface area contributed by atoms with Crippen molar-refractivity contribution < 1.29 is 14.3 Å². The average molecular weight is 345 g/mol. The number of alkyl halides is 1. The highest BCUT2D eigenvalue weighted by molar-refractivity contribution is 9.09. The summed E-state index contributed by atoms with van der Waals surface area (Å²) in [6.45, 7) is 3.18. The van der Waals surface area contributed by atoms with Gasteiger partial charge in [0.15, 0.2) is 0 Å². The van der Waals surface area contributed by atoms with Crippen molar-refractivity contribution in [2.45, 2.75) is 31.7 Å². The molecule has 1 unspecified atom stereocenters. The van der Waals surface area contributed by atoms with Gasteiger partial charge in [-0.2, -0.15) is 0 Å². The molecule has 3 aliphatic heterocycles. The summed E-state index contributed by atoms with van der Waals surface area (Å²) < 4.78 is 5.43. The SMILES string of the molecule is O=C1C2CCCN2C(=O)CN1CC1(CBr)CCOCC1. The molecule has 1 atom stereocenters. The van der Waals surface area contributed by atoms with E-state index in [1.54, 1.807) is 9.80 Å². The molecule has 3 fully saturated rings. The molecule has 3 saturated heterocycles. The normalized spacial score (nSPS) is 29.8. The van der Waals surface area contributed by atoms with Crippen LogP contribution in [-0.4, -0.2) is 65.8 Å². The van der Waals surface area contributed by atoms with E-state index in [0.717, 1.165) is 50.8 Å². The van der Waals surface area contributed by atoms with Crippen LogP contribution in [0.2, 0.25) is 0 Å². The van der Waals surface area contributed by atoms with Gasteiger partial charge in [0.2, 0.25) is 11.8 Å². The van der Waals surface area contributed by atoms with Crippen LogP contribution < -0.4 is 0 Å². The molecule has 5 nitrogen and oxygen atoms in total. The summed E-state index contributed by atoms with van der Waals surface area (Å²) in [6, 6.07) is -0.191. The summed E-state index contributed by atoms with van der Waals surface area (Å²) in [7, 11) is 0. The lowest BCUT2D eigenvalue weighted by molar-refractivity contribution is -0.155. The molecule has 0 aliphatic carbocycles. The fourth-order valence-electron chi connectivity index (χ4n) is 3.54. The lowest BCUT2D eigenvalue weighted by Gasteiger charge is -2.43. The standard InChI is InChI=1S/C14H21BrN2O3/c15-9-14(3-6-20-7-4-14)10-16-8-12(18)17-5-1-2-11(17)13(16)19/h11H,1-10H2. The van der Waals surface area contributed by atoms with E-state index in [0.29, 0.717) is 6.54 Å². The molecule has 0 spiro atoms. The van der Waals surface area contributed by atoms with E-state index in [2.05, 4.69) is 15.9 Å². The molecule has 3 aliphatic rings. The van der Waals surface area contributed by atoms with Crippen LogP contribution in [0.4, 0.5) is 0 Å². The number of hydrogen-bond acceptors (Lipinski definition) is 3. The number of rotatable bonds is 3. The smallest absolute Gasteiger partial charge is 0.245 e. The zero-order valence-corrected chi connectivity index (χ0v) is 13.2. The Kier molecular flexibility index (Phi) is 4.04. The highest BCUT2D eigenvalue weighted by Crippen LogP contribution is 2.35. The van der Waals surface area contributed by atoms with Crippen LogP contribution in [0, 0.1) is 5.41 Å². The monoisotopic (exact) mass is 344 g/mol. The molecule has 3 rings (SSSR count). The zero-order valence-electron chi connectivity index (χ0n) is 11.6. The minimum absolute atomic E-state index is 0.0644. The second kappa shape index (κ2) is 5.64. The summed E-state index contributed by atoms with van der Waals surface area (Å²) >= 11 is 3.60. The molecule has 0 aromatic carbocycles. The topological polar surface area (TPSA) is 49.9 Å². The predicted octanol–water partition coefficient (Wildman–Crippen LogP) is 1.01. The Morgan fingerprint density at radius 2 is 2.05 bits per heavy atom. The Bertz CT molecular complexity index is 409. The van der Waals surface area contributed by atoms with Crippen molar-refractivity contribution in [1.29, 1.82) is 0 Å². The second-order valence-electron chi connectivity index (χ2n) is 6.19. The Morgan fingerprint density at radius 3 is 2.75 bits per heavy atom. The maximum atomic E-state index is 12.6. The number of halogens is 1. The molecule has 0 saturated carbocycles. The van der Waals surface area contributed by atoms with E-state index in [4.69, 9.17) is 4.74 Å². The third-order valence-corrected chi connectivity index (χ3v) is 6.05. The van der Waals surface area contributed by atoms with Gasteiger partial charge in [-0.15, -0.1) is 0 Å². The summed E-state index contributed by atoms with van der Waals surface area (Å²) in [6.07, 6.45) is 3.67. The average Bonchev–Trinajstić information content (AvgIpc) is 2.96. The molecule has 3 heterocycles. The first kappa shape index (κ1) is 14.3. The lowest BCUT2D eigenvalue weighted by Crippen LogP contribution is -2.59. The van der Waals surface area contributed by atoms with E-state index in [-0.39, 0.29) is 29.8 Å². The Hall–Kier alpha value is -0.620. The third kappa shape index (κ3) is 2.48. The highest BCUT2D eigenvalue weighted by Gasteiger charge is 2.44. The van der Waals surface area contributed by atoms with Gasteiger partial charge in [-0.3, -0.25) is 9.59 Å². The van der Waals surface area contributed by atoms with Crippen LogP contribution >= 0.6 is 15.9 Å². The first-order valence-electron chi connectivity index (χ1n) is 7.37. The number of carbonyl (C=O) groups is 2. The summed E-state index contributed by atoms with van der Waals surface area (Å²) in [5.74, 6) is 0.262. The van der Waals surface area contributed by atoms with Gasteiger partial charge in [0.1, 0.15) is 6.04 Å². The molecule has 2 amide bonds. The molecule has 112 valence electrons. The van der Waals surface area contributed by atoms with Crippen molar-refractivity contribution in [1.82, 2.24) is 9.80 Å². The van der Waals surface area contributed by atoms with Gasteiger partial charge in [-0.1, -0.05) is 15.9 Å². The molecule has 0 aromatic heterocycles. The molecule has 6 heteroatoms. The Morgan fingerprint density at radius 1 is 1.30 bits per heavy atom. The van der Waals surface area contributed by atoms with Crippen molar-refractivity contribution in [3.63, 3.8) is 0 Å². The molecular weight excluding hydrogens is 324 g/mol. The van der Waals surface area contributed by atoms with Crippen molar-refractivity contribution in [3.8, 4) is 0 Å². The van der Waals surface area contributed by atoms with E-state index < -0.39 is 0 Å². The van der Waals surface area contributed by atoms with E-state index in [9.17, 15) is 9.59 Å². The van der Waals surface area contributed by atoms with Crippen LogP contribution in [0.1, 0.15) is 25.7 Å². The van der Waals surface area contributed by atoms with Gasteiger partial charge < -0.3 is 14.5 Å². The van der Waals surface area contributed by atoms with Crippen molar-refractivity contribution in [2.75, 3.05) is 38.2 Å². The summed E-state index contributed by atoms with van der Waals surface area (Å²) in [5, 5.41) is 0.857. The van der Waals surface area contributed by atoms with Crippen molar-refractivity contribution in [3.05, 3.63) is 0 Å². The van der Waals surface area contributed by atoms with Crippen molar-refractivity contribution >= 4 is 27.7 Å². The van der Waals surface area contributed by atoms with Gasteiger partial charge in [0, 0.05) is 37.0 Å². The largest absolute Gasteiger partial charge is 0.381 e. The molecule has 0 radical (unpaired) electrons. The van der Waals surface area contributed by atoms with Crippen LogP contribution in [0.15, 0.2) is 0 Å². The van der Waals surface area contributed by atoms with Gasteiger partial charge >= 0.3 is 0 Å². The van der Waals surface area contributed by atoms with Crippen LogP contribution in [0.3, 0.4) is 0 Å². The molecule has 20 heavy (non-hydrogen) atoms. The minimum atomic E-state index is -0.191. The first-order valence-corrected chi connectivity index (χ1v) is 8.49. The molecule has 0 aromatic rings. The fourth-order valence-corrected chi connectivity index (χ4v) is 4.28. The second-order valence-corrected chi connectivity index (χ2v) is 6.75. The number of piperazine rings is 1. The van der Waals surface area contributed by atoms with Gasteiger partial charge in [-0.05, 0) is 25.7 Å². The van der Waals surface area contributed by atoms with Gasteiger partial charge in [-0.25, -0.2) is 0 Å². The maximum Gasteiger partial charge on any atom is 0.245 e. The molecular formula is C14H21BrN2O3. The first-order chi connectivity index (χ1) is 9.65. The van der Waals surface area contributed by atoms with E-state index in [1.807, 2.05) is 0 Å². The van der Waals surface area contributed by atoms with E-state index in [1.165, 1.54) is 0 Å². The number of nitrogens with zero attached hydrogens (tertiary/aromatic N) is 2. The fraction of sp³-hybridized carbons (Fsp3) is 0.857. The number of amides is 2. The summed E-state index contributed by atoms with van der Waals surface area (Å²) in [5.41, 5.74) is 0.0644. The van der Waals surface area contributed by atoms with Gasteiger partial charge in [0.25, 0.3) is 0 Å². The number of carbonyl (C=O) groups excluding carboxylic acids is 2. The highest BCUT2D eigenvalue weighted by atomic mass is 79.9. The van der Waals surface area contributed by atoms with Gasteiger partial charge in [0.05, 0.1) is 6.54 Å². The van der Waals surface area contributed by atoms with Crippen LogP contribution in [-0.2, 0) is 14.3 Å². The number of hydrogen-bond donors (Lipinski definition) is 0. The maximum absolute atomic E-state index is 12.6. The minimum Gasteiger partial charge on any atom is -0.381 e. The quantitative estimate of drug-likeness (QED) is 0.718. The molecule has 0 bridgehead atoms.